The summed E-state index contributed by atoms with van der Waals surface area (Å²) in [5, 5.41) is 3.62. The van der Waals surface area contributed by atoms with Gasteiger partial charge in [-0.2, -0.15) is 0 Å². The Balaban J connectivity index is 0.00000420. The largest absolute Gasteiger partial charge is 0.385 e. The summed E-state index contributed by atoms with van der Waals surface area (Å²) in [7, 11) is 3.61. The van der Waals surface area contributed by atoms with E-state index in [1.54, 1.807) is 7.11 Å². The molecule has 0 aromatic heterocycles. The van der Waals surface area contributed by atoms with E-state index in [2.05, 4.69) is 47.8 Å². The predicted molar refractivity (Wildman–Crippen MR) is 129 cm³/mol. The van der Waals surface area contributed by atoms with Crippen molar-refractivity contribution in [1.82, 2.24) is 15.1 Å². The van der Waals surface area contributed by atoms with E-state index in [1.807, 2.05) is 7.05 Å². The second-order valence-corrected chi connectivity index (χ2v) is 8.78. The molecule has 0 saturated carbocycles. The molecule has 2 atom stereocenters. The highest BCUT2D eigenvalue weighted by Gasteiger charge is 2.33. The van der Waals surface area contributed by atoms with Crippen LogP contribution in [0.2, 0.25) is 0 Å². The lowest BCUT2D eigenvalue weighted by Gasteiger charge is -2.45. The van der Waals surface area contributed by atoms with E-state index in [4.69, 9.17) is 14.2 Å². The summed E-state index contributed by atoms with van der Waals surface area (Å²) in [6.45, 7) is 15.3. The number of morpholine rings is 1. The second-order valence-electron chi connectivity index (χ2n) is 8.78. The second kappa shape index (κ2) is 13.3. The fourth-order valence-electron chi connectivity index (χ4n) is 4.10. The number of likely N-dealkylation sites (tertiary alicyclic amines) is 1. The van der Waals surface area contributed by atoms with E-state index >= 15 is 0 Å². The van der Waals surface area contributed by atoms with E-state index in [9.17, 15) is 0 Å². The fourth-order valence-corrected chi connectivity index (χ4v) is 4.10. The number of methoxy groups -OCH3 is 1. The maximum atomic E-state index is 5.97. The van der Waals surface area contributed by atoms with E-state index < -0.39 is 0 Å². The van der Waals surface area contributed by atoms with Crippen LogP contribution in [0.15, 0.2) is 4.99 Å². The first kappa shape index (κ1) is 26.9. The molecule has 2 unspecified atom stereocenters. The number of guanidine groups is 1. The molecule has 0 amide bonds. The van der Waals surface area contributed by atoms with Gasteiger partial charge < -0.3 is 24.4 Å². The third kappa shape index (κ3) is 8.85. The molecule has 2 fully saturated rings. The van der Waals surface area contributed by atoms with Crippen LogP contribution < -0.4 is 5.32 Å². The average Bonchev–Trinajstić information content (AvgIpc) is 2.66. The van der Waals surface area contributed by atoms with Crippen LogP contribution >= 0.6 is 24.0 Å². The Hall–Kier alpha value is -0.160. The highest BCUT2D eigenvalue weighted by Crippen LogP contribution is 2.21. The smallest absolute Gasteiger partial charge is 0.193 e. The number of hydrogen-bond donors (Lipinski definition) is 1. The molecule has 2 rings (SSSR count). The Morgan fingerprint density at radius 3 is 2.31 bits per heavy atom. The normalized spacial score (nSPS) is 25.0. The zero-order valence-electron chi connectivity index (χ0n) is 19.3. The van der Waals surface area contributed by atoms with Crippen LogP contribution in [0.25, 0.3) is 0 Å². The van der Waals surface area contributed by atoms with Crippen LogP contribution in [-0.2, 0) is 14.2 Å². The number of ether oxygens (including phenoxy) is 3. The molecular weight excluding hydrogens is 483 g/mol. The van der Waals surface area contributed by atoms with Crippen LogP contribution in [0.4, 0.5) is 0 Å². The number of halogens is 1. The van der Waals surface area contributed by atoms with Gasteiger partial charge >= 0.3 is 0 Å². The topological polar surface area (TPSA) is 58.6 Å². The number of nitrogens with one attached hydrogen (secondary N) is 1. The summed E-state index contributed by atoms with van der Waals surface area (Å²) in [5.41, 5.74) is 0.0466. The predicted octanol–water partition coefficient (Wildman–Crippen LogP) is 2.59. The number of rotatable bonds is 8. The van der Waals surface area contributed by atoms with Crippen molar-refractivity contribution in [3.8, 4) is 0 Å². The molecule has 2 aliphatic heterocycles. The van der Waals surface area contributed by atoms with Crippen molar-refractivity contribution in [3.05, 3.63) is 0 Å². The summed E-state index contributed by atoms with van der Waals surface area (Å²) >= 11 is 0. The maximum absolute atomic E-state index is 5.97. The molecule has 2 saturated heterocycles. The van der Waals surface area contributed by atoms with Gasteiger partial charge in [-0.1, -0.05) is 0 Å². The van der Waals surface area contributed by atoms with Gasteiger partial charge in [0.25, 0.3) is 0 Å². The summed E-state index contributed by atoms with van der Waals surface area (Å²) < 4.78 is 16.9. The molecule has 0 aromatic carbocycles. The van der Waals surface area contributed by atoms with Gasteiger partial charge in [-0.15, -0.1) is 24.0 Å². The number of piperidine rings is 1. The molecule has 0 radical (unpaired) electrons. The summed E-state index contributed by atoms with van der Waals surface area (Å²) in [6, 6.07) is 0. The Morgan fingerprint density at radius 2 is 1.76 bits per heavy atom. The van der Waals surface area contributed by atoms with Crippen molar-refractivity contribution < 1.29 is 14.2 Å². The zero-order valence-corrected chi connectivity index (χ0v) is 21.6. The van der Waals surface area contributed by atoms with Gasteiger partial charge in [0.05, 0.1) is 18.3 Å². The lowest BCUT2D eigenvalue weighted by atomic mass is 10.00. The molecule has 29 heavy (non-hydrogen) atoms. The molecule has 2 aliphatic rings. The van der Waals surface area contributed by atoms with Crippen molar-refractivity contribution in [2.24, 2.45) is 4.99 Å². The zero-order chi connectivity index (χ0) is 20.6. The molecule has 0 aromatic rings. The van der Waals surface area contributed by atoms with E-state index in [-0.39, 0.29) is 41.7 Å². The molecule has 172 valence electrons. The quantitative estimate of drug-likeness (QED) is 0.227. The van der Waals surface area contributed by atoms with Gasteiger partial charge in [-0.25, -0.2) is 0 Å². The molecule has 0 aliphatic carbocycles. The Kier molecular flexibility index (Phi) is 12.3. The Labute approximate surface area is 194 Å². The van der Waals surface area contributed by atoms with Crippen molar-refractivity contribution in [3.63, 3.8) is 0 Å². The van der Waals surface area contributed by atoms with Gasteiger partial charge in [0, 0.05) is 65.6 Å². The number of nitrogens with zero attached hydrogens (tertiary/aromatic N) is 3. The van der Waals surface area contributed by atoms with E-state index in [0.717, 1.165) is 71.2 Å². The molecule has 2 heterocycles. The van der Waals surface area contributed by atoms with Crippen molar-refractivity contribution >= 4 is 29.9 Å². The minimum atomic E-state index is 0. The minimum absolute atomic E-state index is 0. The van der Waals surface area contributed by atoms with Crippen molar-refractivity contribution in [1.29, 1.82) is 0 Å². The third-order valence-electron chi connectivity index (χ3n) is 5.75. The molecule has 8 heteroatoms. The van der Waals surface area contributed by atoms with Crippen LogP contribution in [0.1, 0.15) is 47.0 Å². The first-order valence-corrected chi connectivity index (χ1v) is 10.8. The van der Waals surface area contributed by atoms with E-state index in [1.165, 1.54) is 0 Å². The third-order valence-corrected chi connectivity index (χ3v) is 5.75. The maximum Gasteiger partial charge on any atom is 0.193 e. The first-order valence-electron chi connectivity index (χ1n) is 10.8. The lowest BCUT2D eigenvalue weighted by Crippen LogP contribution is -2.60. The summed E-state index contributed by atoms with van der Waals surface area (Å²) in [6.07, 6.45) is 3.99. The Bertz CT molecular complexity index is 475. The molecule has 1 N–H and O–H groups in total. The van der Waals surface area contributed by atoms with Crippen LogP contribution in [0.3, 0.4) is 0 Å². The van der Waals surface area contributed by atoms with Gasteiger partial charge in [0.15, 0.2) is 5.96 Å². The molecular formula is C21H43IN4O3. The van der Waals surface area contributed by atoms with Gasteiger partial charge in [0.1, 0.15) is 0 Å². The van der Waals surface area contributed by atoms with Crippen molar-refractivity contribution in [2.45, 2.75) is 70.8 Å². The number of hydrogen-bond acceptors (Lipinski definition) is 5. The summed E-state index contributed by atoms with van der Waals surface area (Å²) in [4.78, 5) is 9.42. The number of aliphatic imine (C=N–C) groups is 1. The van der Waals surface area contributed by atoms with Gasteiger partial charge in [-0.3, -0.25) is 9.89 Å². The fraction of sp³-hybridized carbons (Fsp3) is 0.952. The van der Waals surface area contributed by atoms with E-state index in [0.29, 0.717) is 6.10 Å². The van der Waals surface area contributed by atoms with Gasteiger partial charge in [-0.05, 0) is 47.0 Å². The first-order chi connectivity index (χ1) is 13.4. The molecule has 0 spiro atoms. The standard InChI is InChI=1S/C21H42N4O3.HI/c1-17-14-25(15-18(2)28-17)21(3,4)16-23-20(22-5)24-10-8-19(9-11-24)27-13-7-12-26-6;/h17-19H,7-16H2,1-6H3,(H,22,23);1H. The molecule has 7 nitrogen and oxygen atoms in total. The van der Waals surface area contributed by atoms with Crippen LogP contribution in [0.5, 0.6) is 0 Å². The average molecular weight is 527 g/mol. The summed E-state index contributed by atoms with van der Waals surface area (Å²) in [5.74, 6) is 1.00. The highest BCUT2D eigenvalue weighted by molar-refractivity contribution is 14.0. The minimum Gasteiger partial charge on any atom is -0.385 e. The lowest BCUT2D eigenvalue weighted by molar-refractivity contribution is -0.0947. The van der Waals surface area contributed by atoms with Gasteiger partial charge in [0.2, 0.25) is 0 Å². The SMILES string of the molecule is CN=C(NCC(C)(C)N1CC(C)OC(C)C1)N1CCC(OCCCOC)CC1.I. The van der Waals surface area contributed by atoms with Crippen LogP contribution in [0, 0.1) is 0 Å². The highest BCUT2D eigenvalue weighted by atomic mass is 127. The monoisotopic (exact) mass is 526 g/mol. The Morgan fingerprint density at radius 1 is 1.14 bits per heavy atom. The molecule has 0 bridgehead atoms. The van der Waals surface area contributed by atoms with Crippen molar-refractivity contribution in [2.75, 3.05) is 60.1 Å². The van der Waals surface area contributed by atoms with Crippen LogP contribution in [-0.4, -0.2) is 99.7 Å².